The third-order valence-electron chi connectivity index (χ3n) is 10.3. The highest BCUT2D eigenvalue weighted by Gasteiger charge is 2.46. The van der Waals surface area contributed by atoms with E-state index in [4.69, 9.17) is 9.47 Å². The zero-order valence-corrected chi connectivity index (χ0v) is 26.2. The number of aliphatic hydroxyl groups excluding tert-OH is 2. The second-order valence-corrected chi connectivity index (χ2v) is 14.1. The highest BCUT2D eigenvalue weighted by Crippen LogP contribution is 2.45. The van der Waals surface area contributed by atoms with Crippen LogP contribution in [0.15, 0.2) is 60.7 Å². The smallest absolute Gasteiger partial charge is 0.338 e. The molecule has 2 aliphatic rings. The van der Waals surface area contributed by atoms with Gasteiger partial charge in [-0.3, -0.25) is 0 Å². The van der Waals surface area contributed by atoms with Crippen molar-refractivity contribution in [3.05, 3.63) is 71.8 Å². The molecule has 0 aromatic heterocycles. The van der Waals surface area contributed by atoms with Crippen LogP contribution in [0.4, 0.5) is 0 Å². The van der Waals surface area contributed by atoms with E-state index in [0.717, 1.165) is 36.8 Å². The van der Waals surface area contributed by atoms with Crippen LogP contribution in [0.1, 0.15) is 91.2 Å². The lowest BCUT2D eigenvalue weighted by molar-refractivity contribution is -0.186. The predicted molar refractivity (Wildman–Crippen MR) is 164 cm³/mol. The summed E-state index contributed by atoms with van der Waals surface area (Å²) in [5, 5.41) is 21.6. The molecule has 4 rings (SSSR count). The van der Waals surface area contributed by atoms with Gasteiger partial charge in [0.25, 0.3) is 0 Å². The average Bonchev–Trinajstić information content (AvgIpc) is 2.97. The van der Waals surface area contributed by atoms with E-state index in [-0.39, 0.29) is 22.7 Å². The summed E-state index contributed by atoms with van der Waals surface area (Å²) in [6.45, 7) is 12.9. The zero-order valence-electron chi connectivity index (χ0n) is 26.2. The summed E-state index contributed by atoms with van der Waals surface area (Å²) in [6.07, 6.45) is 0.203. The summed E-state index contributed by atoms with van der Waals surface area (Å²) >= 11 is 0. The molecule has 0 spiro atoms. The van der Waals surface area contributed by atoms with E-state index in [2.05, 4.69) is 65.8 Å². The van der Waals surface area contributed by atoms with Crippen molar-refractivity contribution in [1.29, 1.82) is 0 Å². The van der Waals surface area contributed by atoms with E-state index in [0.29, 0.717) is 24.7 Å². The molecule has 2 fully saturated rings. The molecular weight excluding hydrogens is 528 g/mol. The van der Waals surface area contributed by atoms with Gasteiger partial charge in [0, 0.05) is 11.8 Å². The Kier molecular flexibility index (Phi) is 10.2. The van der Waals surface area contributed by atoms with Gasteiger partial charge < -0.3 is 19.7 Å². The Morgan fingerprint density at radius 2 is 0.976 bits per heavy atom. The maximum atomic E-state index is 13.2. The zero-order chi connectivity index (χ0) is 30.7. The second-order valence-electron chi connectivity index (χ2n) is 14.1. The lowest BCUT2D eigenvalue weighted by atomic mass is 9.64. The van der Waals surface area contributed by atoms with Crippen LogP contribution in [-0.4, -0.2) is 46.6 Å². The Morgan fingerprint density at radius 1 is 0.643 bits per heavy atom. The quantitative estimate of drug-likeness (QED) is 0.337. The number of ether oxygens (including phenoxy) is 2. The van der Waals surface area contributed by atoms with Crippen molar-refractivity contribution in [1.82, 2.24) is 0 Å². The van der Waals surface area contributed by atoms with E-state index < -0.39 is 36.4 Å². The number of rotatable bonds is 9. The van der Waals surface area contributed by atoms with Crippen molar-refractivity contribution in [2.24, 2.45) is 23.7 Å². The number of hydrogen-bond acceptors (Lipinski definition) is 6. The monoisotopic (exact) mass is 578 g/mol. The Hall–Kier alpha value is -2.70. The van der Waals surface area contributed by atoms with Gasteiger partial charge in [0.05, 0.1) is 0 Å². The summed E-state index contributed by atoms with van der Waals surface area (Å²) in [6, 6.07) is 20.3. The molecule has 2 aromatic rings. The van der Waals surface area contributed by atoms with Crippen molar-refractivity contribution >= 4 is 11.9 Å². The molecule has 0 heterocycles. The van der Waals surface area contributed by atoms with Gasteiger partial charge in [0.2, 0.25) is 0 Å². The van der Waals surface area contributed by atoms with Crippen molar-refractivity contribution in [2.45, 2.75) is 115 Å². The first-order valence-corrected chi connectivity index (χ1v) is 15.7. The number of benzene rings is 2. The molecule has 42 heavy (non-hydrogen) atoms. The fraction of sp³-hybridized carbons (Fsp3) is 0.611. The molecule has 6 heteroatoms. The van der Waals surface area contributed by atoms with E-state index in [1.54, 1.807) is 0 Å². The maximum absolute atomic E-state index is 13.2. The number of hydrogen-bond donors (Lipinski definition) is 2. The minimum atomic E-state index is -2.02. The van der Waals surface area contributed by atoms with Crippen LogP contribution in [-0.2, 0) is 29.9 Å². The Morgan fingerprint density at radius 3 is 1.31 bits per heavy atom. The van der Waals surface area contributed by atoms with E-state index in [1.165, 1.54) is 0 Å². The number of carbonyl (C=O) groups excluding carboxylic acids is 2. The SMILES string of the molecule is CC1CCC(C(C)(C)c2ccccc2)C(OC(=O)C(O)C(O)C(=O)OC2CC(C)CCC2C(C)(C)c2ccccc2)C1. The number of carbonyl (C=O) groups is 2. The Balaban J connectivity index is 1.44. The molecule has 0 bridgehead atoms. The number of esters is 2. The van der Waals surface area contributed by atoms with Gasteiger partial charge in [0.1, 0.15) is 12.2 Å². The fourth-order valence-corrected chi connectivity index (χ4v) is 7.43. The average molecular weight is 579 g/mol. The van der Waals surface area contributed by atoms with Crippen LogP contribution in [0.3, 0.4) is 0 Å². The highest BCUT2D eigenvalue weighted by atomic mass is 16.6. The summed E-state index contributed by atoms with van der Waals surface area (Å²) in [5.74, 6) is -1.19. The summed E-state index contributed by atoms with van der Waals surface area (Å²) < 4.78 is 11.8. The van der Waals surface area contributed by atoms with Gasteiger partial charge in [-0.2, -0.15) is 0 Å². The first-order chi connectivity index (χ1) is 19.8. The fourth-order valence-electron chi connectivity index (χ4n) is 7.43. The first-order valence-electron chi connectivity index (χ1n) is 15.7. The van der Waals surface area contributed by atoms with Crippen LogP contribution >= 0.6 is 0 Å². The standard InChI is InChI=1S/C36H50O6/c1-23-17-19-27(35(3,4)25-13-9-7-10-14-25)29(21-23)41-33(39)31(37)32(38)34(40)42-30-22-24(2)18-20-28(30)36(5,6)26-15-11-8-12-16-26/h7-16,23-24,27-32,37-38H,17-22H2,1-6H3. The highest BCUT2D eigenvalue weighted by molar-refractivity contribution is 5.85. The molecule has 2 aromatic carbocycles. The Labute approximate surface area is 251 Å². The molecule has 2 saturated carbocycles. The van der Waals surface area contributed by atoms with Gasteiger partial charge in [-0.05, 0) is 59.5 Å². The van der Waals surface area contributed by atoms with Crippen molar-refractivity contribution in [2.75, 3.05) is 0 Å². The maximum Gasteiger partial charge on any atom is 0.338 e. The molecule has 6 nitrogen and oxygen atoms in total. The van der Waals surface area contributed by atoms with Crippen LogP contribution < -0.4 is 0 Å². The molecule has 8 unspecified atom stereocenters. The third-order valence-corrected chi connectivity index (χ3v) is 10.3. The normalized spacial score (nSPS) is 28.4. The summed E-state index contributed by atoms with van der Waals surface area (Å²) in [7, 11) is 0. The molecular formula is C36H50O6. The molecule has 2 aliphatic carbocycles. The van der Waals surface area contributed by atoms with Crippen LogP contribution in [0, 0.1) is 23.7 Å². The molecule has 0 radical (unpaired) electrons. The van der Waals surface area contributed by atoms with Crippen molar-refractivity contribution in [3.63, 3.8) is 0 Å². The third kappa shape index (κ3) is 7.08. The molecule has 0 saturated heterocycles. The lowest BCUT2D eigenvalue weighted by Gasteiger charge is -2.44. The molecule has 8 atom stereocenters. The lowest BCUT2D eigenvalue weighted by Crippen LogP contribution is -2.49. The minimum absolute atomic E-state index is 0.0287. The van der Waals surface area contributed by atoms with Crippen molar-refractivity contribution in [3.8, 4) is 0 Å². The van der Waals surface area contributed by atoms with Gasteiger partial charge in [-0.1, -0.05) is 115 Å². The van der Waals surface area contributed by atoms with E-state index >= 15 is 0 Å². The summed E-state index contributed by atoms with van der Waals surface area (Å²) in [5.41, 5.74) is 1.77. The van der Waals surface area contributed by atoms with Crippen LogP contribution in [0.25, 0.3) is 0 Å². The molecule has 2 N–H and O–H groups in total. The summed E-state index contributed by atoms with van der Waals surface area (Å²) in [4.78, 5) is 26.4. The van der Waals surface area contributed by atoms with Crippen LogP contribution in [0.2, 0.25) is 0 Å². The van der Waals surface area contributed by atoms with Gasteiger partial charge in [-0.15, -0.1) is 0 Å². The predicted octanol–water partition coefficient (Wildman–Crippen LogP) is 6.36. The molecule has 0 amide bonds. The topological polar surface area (TPSA) is 93.1 Å². The van der Waals surface area contributed by atoms with Gasteiger partial charge >= 0.3 is 11.9 Å². The van der Waals surface area contributed by atoms with Crippen molar-refractivity contribution < 1.29 is 29.3 Å². The number of aliphatic hydroxyl groups is 2. The molecule has 230 valence electrons. The second kappa shape index (κ2) is 13.3. The largest absolute Gasteiger partial charge is 0.460 e. The van der Waals surface area contributed by atoms with E-state index in [1.807, 2.05) is 36.4 Å². The van der Waals surface area contributed by atoms with Crippen LogP contribution in [0.5, 0.6) is 0 Å². The van der Waals surface area contributed by atoms with Gasteiger partial charge in [-0.25, -0.2) is 9.59 Å². The first kappa shape index (κ1) is 32.2. The van der Waals surface area contributed by atoms with Gasteiger partial charge in [0.15, 0.2) is 12.2 Å². The Bertz CT molecular complexity index is 1080. The minimum Gasteiger partial charge on any atom is -0.460 e. The molecule has 0 aliphatic heterocycles. The van der Waals surface area contributed by atoms with E-state index in [9.17, 15) is 19.8 Å².